The molecule has 1 aromatic carbocycles. The minimum atomic E-state index is 0. The van der Waals surface area contributed by atoms with Crippen LogP contribution in [-0.2, 0) is 13.1 Å². The van der Waals surface area contributed by atoms with E-state index in [-0.39, 0.29) is 24.0 Å². The van der Waals surface area contributed by atoms with Crippen molar-refractivity contribution in [3.8, 4) is 5.75 Å². The van der Waals surface area contributed by atoms with Gasteiger partial charge in [0.25, 0.3) is 0 Å². The molecule has 0 aliphatic heterocycles. The first-order valence-electron chi connectivity index (χ1n) is 9.89. The second-order valence-electron chi connectivity index (χ2n) is 7.09. The molecule has 1 fully saturated rings. The number of unbranched alkanes of at least 4 members (excludes halogenated alkanes) is 1. The molecule has 1 aliphatic rings. The molecular weight excluding hydrogens is 465 g/mol. The van der Waals surface area contributed by atoms with E-state index in [4.69, 9.17) is 4.74 Å². The van der Waals surface area contributed by atoms with Crippen LogP contribution in [-0.4, -0.2) is 35.7 Å². The van der Waals surface area contributed by atoms with E-state index in [0.717, 1.165) is 61.6 Å². The van der Waals surface area contributed by atoms with Gasteiger partial charge in [0.1, 0.15) is 11.6 Å². The highest BCUT2D eigenvalue weighted by Crippen LogP contribution is 2.30. The van der Waals surface area contributed by atoms with Crippen molar-refractivity contribution in [3.05, 3.63) is 48.0 Å². The average Bonchev–Trinajstić information content (AvgIpc) is 3.44. The number of rotatable bonds is 10. The third-order valence-electron chi connectivity index (χ3n) is 4.86. The van der Waals surface area contributed by atoms with Crippen LogP contribution in [0.5, 0.6) is 5.75 Å². The van der Waals surface area contributed by atoms with E-state index in [9.17, 15) is 0 Å². The number of hydrogen-bond acceptors (Lipinski definition) is 3. The summed E-state index contributed by atoms with van der Waals surface area (Å²) in [4.78, 5) is 8.57. The predicted molar refractivity (Wildman–Crippen MR) is 124 cm³/mol. The third-order valence-corrected chi connectivity index (χ3v) is 4.86. The van der Waals surface area contributed by atoms with Crippen LogP contribution in [0.3, 0.4) is 0 Å². The summed E-state index contributed by atoms with van der Waals surface area (Å²) in [5, 5.41) is 6.77. The third kappa shape index (κ3) is 7.33. The Morgan fingerprint density at radius 3 is 2.79 bits per heavy atom. The Morgan fingerprint density at radius 2 is 2.07 bits per heavy atom. The molecule has 28 heavy (non-hydrogen) atoms. The van der Waals surface area contributed by atoms with Crippen LogP contribution in [0, 0.1) is 12.8 Å². The molecule has 0 amide bonds. The van der Waals surface area contributed by atoms with Gasteiger partial charge >= 0.3 is 0 Å². The van der Waals surface area contributed by atoms with Crippen LogP contribution in [0.25, 0.3) is 0 Å². The standard InChI is InChI=1S/C21H31N5O.HI/c1-17-23-12-14-26(17)13-6-5-11-24-21(22-2)25-15-19-7-3-4-8-20(19)27-16-18-9-10-18;/h3-4,7-8,12,14,18H,5-6,9-11,13,15-16H2,1-2H3,(H2,22,24,25);1H. The largest absolute Gasteiger partial charge is 0.493 e. The summed E-state index contributed by atoms with van der Waals surface area (Å²) < 4.78 is 8.16. The molecule has 1 aromatic heterocycles. The maximum absolute atomic E-state index is 5.98. The van der Waals surface area contributed by atoms with Crippen molar-refractivity contribution in [2.24, 2.45) is 10.9 Å². The van der Waals surface area contributed by atoms with Crippen LogP contribution < -0.4 is 15.4 Å². The summed E-state index contributed by atoms with van der Waals surface area (Å²) in [5.74, 6) is 3.63. The van der Waals surface area contributed by atoms with Crippen LogP contribution in [0.2, 0.25) is 0 Å². The van der Waals surface area contributed by atoms with Crippen molar-refractivity contribution in [3.63, 3.8) is 0 Å². The quantitative estimate of drug-likeness (QED) is 0.227. The van der Waals surface area contributed by atoms with Crippen molar-refractivity contribution in [2.45, 2.75) is 45.7 Å². The Hall–Kier alpha value is -1.77. The number of aliphatic imine (C=N–C) groups is 1. The van der Waals surface area contributed by atoms with E-state index < -0.39 is 0 Å². The fourth-order valence-corrected chi connectivity index (χ4v) is 2.94. The molecule has 2 aromatic rings. The Bertz CT molecular complexity index is 742. The first-order valence-corrected chi connectivity index (χ1v) is 9.89. The number of benzene rings is 1. The molecule has 0 radical (unpaired) electrons. The maximum atomic E-state index is 5.98. The number of ether oxygens (including phenoxy) is 1. The fraction of sp³-hybridized carbons (Fsp3) is 0.524. The zero-order valence-corrected chi connectivity index (χ0v) is 19.2. The van der Waals surface area contributed by atoms with Gasteiger partial charge in [-0.2, -0.15) is 0 Å². The van der Waals surface area contributed by atoms with Crippen LogP contribution in [0.1, 0.15) is 37.1 Å². The van der Waals surface area contributed by atoms with E-state index in [0.29, 0.717) is 6.54 Å². The average molecular weight is 497 g/mol. The van der Waals surface area contributed by atoms with E-state index >= 15 is 0 Å². The zero-order chi connectivity index (χ0) is 18.9. The summed E-state index contributed by atoms with van der Waals surface area (Å²) >= 11 is 0. The minimum Gasteiger partial charge on any atom is -0.493 e. The topological polar surface area (TPSA) is 63.5 Å². The molecular formula is C21H32IN5O. The molecule has 7 heteroatoms. The van der Waals surface area contributed by atoms with E-state index in [1.165, 1.54) is 12.8 Å². The Labute approximate surface area is 185 Å². The van der Waals surface area contributed by atoms with Gasteiger partial charge in [0.2, 0.25) is 0 Å². The Kier molecular flexibility index (Phi) is 9.60. The summed E-state index contributed by atoms with van der Waals surface area (Å²) in [6, 6.07) is 8.24. The van der Waals surface area contributed by atoms with E-state index in [1.54, 1.807) is 7.05 Å². The van der Waals surface area contributed by atoms with Gasteiger partial charge in [0.15, 0.2) is 5.96 Å². The van der Waals surface area contributed by atoms with Crippen molar-refractivity contribution >= 4 is 29.9 Å². The van der Waals surface area contributed by atoms with Crippen LogP contribution in [0.4, 0.5) is 0 Å². The lowest BCUT2D eigenvalue weighted by Crippen LogP contribution is -2.37. The SMILES string of the molecule is CN=C(NCCCCn1ccnc1C)NCc1ccccc1OCC1CC1.I. The fourth-order valence-electron chi connectivity index (χ4n) is 2.94. The number of hydrogen-bond donors (Lipinski definition) is 2. The molecule has 0 bridgehead atoms. The Balaban J connectivity index is 0.00000280. The molecule has 1 saturated carbocycles. The number of nitrogens with one attached hydrogen (secondary N) is 2. The predicted octanol–water partition coefficient (Wildman–Crippen LogP) is 3.74. The van der Waals surface area contributed by atoms with Gasteiger partial charge in [0, 0.05) is 44.6 Å². The van der Waals surface area contributed by atoms with E-state index in [2.05, 4.69) is 37.3 Å². The number of aryl methyl sites for hydroxylation is 2. The summed E-state index contributed by atoms with van der Waals surface area (Å²) in [6.45, 7) is 5.48. The number of guanidine groups is 1. The molecule has 0 unspecified atom stereocenters. The molecule has 0 atom stereocenters. The number of halogens is 1. The maximum Gasteiger partial charge on any atom is 0.191 e. The molecule has 6 nitrogen and oxygen atoms in total. The lowest BCUT2D eigenvalue weighted by atomic mass is 10.2. The lowest BCUT2D eigenvalue weighted by molar-refractivity contribution is 0.296. The summed E-state index contributed by atoms with van der Waals surface area (Å²) in [6.07, 6.45) is 8.69. The van der Waals surface area contributed by atoms with Crippen molar-refractivity contribution in [1.82, 2.24) is 20.2 Å². The van der Waals surface area contributed by atoms with Gasteiger partial charge in [-0.15, -0.1) is 24.0 Å². The smallest absolute Gasteiger partial charge is 0.191 e. The molecule has 2 N–H and O–H groups in total. The summed E-state index contributed by atoms with van der Waals surface area (Å²) in [7, 11) is 1.81. The normalized spacial score (nSPS) is 13.7. The highest BCUT2D eigenvalue weighted by Gasteiger charge is 2.22. The first kappa shape index (κ1) is 22.5. The number of aromatic nitrogens is 2. The molecule has 154 valence electrons. The highest BCUT2D eigenvalue weighted by atomic mass is 127. The number of nitrogens with zero attached hydrogens (tertiary/aromatic N) is 3. The highest BCUT2D eigenvalue weighted by molar-refractivity contribution is 14.0. The van der Waals surface area contributed by atoms with Gasteiger partial charge in [-0.05, 0) is 44.6 Å². The van der Waals surface area contributed by atoms with Gasteiger partial charge < -0.3 is 19.9 Å². The van der Waals surface area contributed by atoms with Gasteiger partial charge in [-0.25, -0.2) is 4.98 Å². The van der Waals surface area contributed by atoms with Gasteiger partial charge in [-0.3, -0.25) is 4.99 Å². The van der Waals surface area contributed by atoms with Gasteiger partial charge in [0.05, 0.1) is 6.61 Å². The summed E-state index contributed by atoms with van der Waals surface area (Å²) in [5.41, 5.74) is 1.16. The molecule has 0 saturated heterocycles. The van der Waals surface area contributed by atoms with Crippen LogP contribution >= 0.6 is 24.0 Å². The number of para-hydroxylation sites is 1. The second kappa shape index (κ2) is 11.9. The molecule has 1 aliphatic carbocycles. The molecule has 1 heterocycles. The van der Waals surface area contributed by atoms with Crippen molar-refractivity contribution < 1.29 is 4.74 Å². The monoisotopic (exact) mass is 497 g/mol. The lowest BCUT2D eigenvalue weighted by Gasteiger charge is -2.15. The Morgan fingerprint density at radius 1 is 1.25 bits per heavy atom. The first-order chi connectivity index (χ1) is 13.3. The zero-order valence-electron chi connectivity index (χ0n) is 16.9. The van der Waals surface area contributed by atoms with Gasteiger partial charge in [-0.1, -0.05) is 18.2 Å². The minimum absolute atomic E-state index is 0. The van der Waals surface area contributed by atoms with Crippen molar-refractivity contribution in [2.75, 3.05) is 20.2 Å². The van der Waals surface area contributed by atoms with Crippen molar-refractivity contribution in [1.29, 1.82) is 0 Å². The molecule has 3 rings (SSSR count). The molecule has 0 spiro atoms. The number of imidazole rings is 1. The van der Waals surface area contributed by atoms with Crippen LogP contribution in [0.15, 0.2) is 41.7 Å². The van der Waals surface area contributed by atoms with E-state index in [1.807, 2.05) is 31.5 Å². The second-order valence-corrected chi connectivity index (χ2v) is 7.09.